The van der Waals surface area contributed by atoms with Gasteiger partial charge in [0.2, 0.25) is 0 Å². The van der Waals surface area contributed by atoms with Crippen molar-refractivity contribution in [2.24, 2.45) is 0 Å². The Morgan fingerprint density at radius 2 is 2.00 bits per heavy atom. The average Bonchev–Trinajstić information content (AvgIpc) is 2.68. The summed E-state index contributed by atoms with van der Waals surface area (Å²) in [5, 5.41) is 13.1. The van der Waals surface area contributed by atoms with Crippen LogP contribution in [-0.4, -0.2) is 39.8 Å². The van der Waals surface area contributed by atoms with E-state index in [4.69, 9.17) is 17.2 Å². The maximum absolute atomic E-state index is 9.12. The molecule has 1 aromatic heterocycles. The summed E-state index contributed by atoms with van der Waals surface area (Å²) in [6, 6.07) is 0. The van der Waals surface area contributed by atoms with Gasteiger partial charge in [0.1, 0.15) is 0 Å². The van der Waals surface area contributed by atoms with Gasteiger partial charge in [-0.15, -0.1) is 0 Å². The Morgan fingerprint density at radius 3 is 2.53 bits per heavy atom. The van der Waals surface area contributed by atoms with Crippen LogP contribution in [0.4, 0.5) is 0 Å². The number of aliphatic hydroxyl groups is 1. The van der Waals surface area contributed by atoms with Crippen LogP contribution in [0.3, 0.4) is 0 Å². The van der Waals surface area contributed by atoms with Gasteiger partial charge in [0.25, 0.3) is 0 Å². The van der Waals surface area contributed by atoms with E-state index >= 15 is 0 Å². The van der Waals surface area contributed by atoms with Crippen LogP contribution in [0.25, 0.3) is 0 Å². The quantitative estimate of drug-likeness (QED) is 0.765. The minimum Gasteiger partial charge on any atom is -0.399 e. The fourth-order valence-corrected chi connectivity index (χ4v) is 1.64. The van der Waals surface area contributed by atoms with E-state index in [1.807, 2.05) is 27.7 Å². The third kappa shape index (κ3) is 2.25. The van der Waals surface area contributed by atoms with Crippen molar-refractivity contribution >= 4 is 12.6 Å². The molecular weight excluding hydrogens is 219 g/mol. The van der Waals surface area contributed by atoms with Gasteiger partial charge in [-0.1, -0.05) is 0 Å². The van der Waals surface area contributed by atoms with Gasteiger partial charge in [-0.25, -0.2) is 0 Å². The van der Waals surface area contributed by atoms with E-state index < -0.39 is 24.9 Å². The van der Waals surface area contributed by atoms with E-state index in [0.29, 0.717) is 5.46 Å². The van der Waals surface area contributed by atoms with Crippen LogP contribution in [0, 0.1) is 0 Å². The van der Waals surface area contributed by atoms with Crippen LogP contribution in [0.1, 0.15) is 30.4 Å². The zero-order chi connectivity index (χ0) is 14.5. The maximum atomic E-state index is 9.12. The molecule has 0 unspecified atom stereocenters. The molecule has 1 fully saturated rings. The Labute approximate surface area is 105 Å². The minimum atomic E-state index is -2.29. The molecule has 1 aliphatic heterocycles. The van der Waals surface area contributed by atoms with Crippen molar-refractivity contribution in [2.75, 3.05) is 6.56 Å². The standard InChI is InChI=1S/C11H19BN2O3/c1-10(2)11(3,4)17-12(16-10)9-7-13-14(8-9)5-6-15/h7-8,15H,5-6H2,1-4H3/i6D2. The second kappa shape index (κ2) is 4.12. The third-order valence-electron chi connectivity index (χ3n) is 3.41. The van der Waals surface area contributed by atoms with Gasteiger partial charge >= 0.3 is 7.12 Å². The van der Waals surface area contributed by atoms with E-state index in [-0.39, 0.29) is 6.54 Å². The summed E-state index contributed by atoms with van der Waals surface area (Å²) in [4.78, 5) is 0. The van der Waals surface area contributed by atoms with Gasteiger partial charge in [-0.3, -0.25) is 4.68 Å². The number of aryl methyl sites for hydroxylation is 1. The fraction of sp³-hybridized carbons (Fsp3) is 0.727. The Bertz CT molecular complexity index is 455. The lowest BCUT2D eigenvalue weighted by Crippen LogP contribution is -2.41. The normalized spacial score (nSPS) is 24.6. The molecule has 1 N–H and O–H groups in total. The van der Waals surface area contributed by atoms with Gasteiger partial charge in [-0.05, 0) is 27.7 Å². The molecule has 1 aromatic rings. The summed E-state index contributed by atoms with van der Waals surface area (Å²) in [7, 11) is -0.525. The lowest BCUT2D eigenvalue weighted by molar-refractivity contribution is 0.00578. The number of hydrogen-bond donors (Lipinski definition) is 1. The van der Waals surface area contributed by atoms with Crippen LogP contribution in [0.2, 0.25) is 0 Å². The molecule has 0 radical (unpaired) electrons. The summed E-state index contributed by atoms with van der Waals surface area (Å²) in [5.74, 6) is 0. The highest BCUT2D eigenvalue weighted by molar-refractivity contribution is 6.61. The van der Waals surface area contributed by atoms with Gasteiger partial charge in [0, 0.05) is 17.9 Å². The largest absolute Gasteiger partial charge is 0.498 e. The first kappa shape index (κ1) is 10.1. The molecule has 0 spiro atoms. The van der Waals surface area contributed by atoms with Gasteiger partial charge < -0.3 is 14.4 Å². The van der Waals surface area contributed by atoms with Crippen LogP contribution >= 0.6 is 0 Å². The Balaban J connectivity index is 2.13. The van der Waals surface area contributed by atoms with Crippen LogP contribution < -0.4 is 5.46 Å². The number of nitrogens with zero attached hydrogens (tertiary/aromatic N) is 2. The molecule has 0 atom stereocenters. The molecule has 6 heteroatoms. The number of aromatic nitrogens is 2. The van der Waals surface area contributed by atoms with Crippen molar-refractivity contribution in [2.45, 2.75) is 45.4 Å². The minimum absolute atomic E-state index is 0.230. The molecule has 1 saturated heterocycles. The zero-order valence-electron chi connectivity index (χ0n) is 12.6. The lowest BCUT2D eigenvalue weighted by Gasteiger charge is -2.32. The summed E-state index contributed by atoms with van der Waals surface area (Å²) in [6.45, 7) is 5.33. The van der Waals surface area contributed by atoms with Crippen LogP contribution in [-0.2, 0) is 15.9 Å². The smallest absolute Gasteiger partial charge is 0.399 e. The second-order valence-electron chi connectivity index (χ2n) is 5.22. The predicted octanol–water partition coefficient (Wildman–Crippen LogP) is 0.175. The van der Waals surface area contributed by atoms with E-state index in [1.54, 1.807) is 12.4 Å². The molecule has 1 aliphatic rings. The third-order valence-corrected chi connectivity index (χ3v) is 3.41. The van der Waals surface area contributed by atoms with Gasteiger partial charge in [0.05, 0.1) is 27.0 Å². The second-order valence-corrected chi connectivity index (χ2v) is 5.22. The molecule has 17 heavy (non-hydrogen) atoms. The van der Waals surface area contributed by atoms with Crippen molar-refractivity contribution < 1.29 is 17.2 Å². The highest BCUT2D eigenvalue weighted by Crippen LogP contribution is 2.36. The van der Waals surface area contributed by atoms with E-state index in [9.17, 15) is 0 Å². The summed E-state index contributed by atoms with van der Waals surface area (Å²) < 4.78 is 27.3. The first-order valence-electron chi connectivity index (χ1n) is 6.61. The van der Waals surface area contributed by atoms with Crippen LogP contribution in [0.5, 0.6) is 0 Å². The average molecular weight is 240 g/mol. The number of rotatable bonds is 3. The van der Waals surface area contributed by atoms with E-state index in [2.05, 4.69) is 5.10 Å². The molecule has 0 aromatic carbocycles. The monoisotopic (exact) mass is 240 g/mol. The molecule has 5 nitrogen and oxygen atoms in total. The molecule has 0 bridgehead atoms. The SMILES string of the molecule is [2H]C([2H])(O)Cn1cc(B2OC(C)(C)C(C)(C)O2)cn1. The summed E-state index contributed by atoms with van der Waals surface area (Å²) in [5.41, 5.74) is -0.139. The van der Waals surface area contributed by atoms with E-state index in [1.165, 1.54) is 4.68 Å². The molecular formula is C11H19BN2O3. The highest BCUT2D eigenvalue weighted by Gasteiger charge is 2.52. The first-order valence-corrected chi connectivity index (χ1v) is 5.61. The topological polar surface area (TPSA) is 56.5 Å². The maximum Gasteiger partial charge on any atom is 0.498 e. The van der Waals surface area contributed by atoms with Gasteiger partial charge in [-0.2, -0.15) is 5.10 Å². The molecule has 0 amide bonds. The first-order chi connectivity index (χ1) is 8.50. The Kier molecular flexibility index (Phi) is 2.45. The molecule has 0 aliphatic carbocycles. The Morgan fingerprint density at radius 1 is 1.41 bits per heavy atom. The van der Waals surface area contributed by atoms with Crippen molar-refractivity contribution in [3.8, 4) is 0 Å². The Hall–Kier alpha value is -0.845. The summed E-state index contributed by atoms with van der Waals surface area (Å²) in [6.07, 6.45) is 3.18. The molecule has 94 valence electrons. The zero-order valence-corrected chi connectivity index (χ0v) is 10.6. The van der Waals surface area contributed by atoms with Gasteiger partial charge in [0.15, 0.2) is 0 Å². The van der Waals surface area contributed by atoms with Crippen LogP contribution in [0.15, 0.2) is 12.4 Å². The predicted molar refractivity (Wildman–Crippen MR) is 65.0 cm³/mol. The molecule has 2 heterocycles. The highest BCUT2D eigenvalue weighted by atomic mass is 16.7. The van der Waals surface area contributed by atoms with Crippen molar-refractivity contribution in [1.29, 1.82) is 0 Å². The van der Waals surface area contributed by atoms with Crippen molar-refractivity contribution in [3.05, 3.63) is 12.4 Å². The number of hydrogen-bond acceptors (Lipinski definition) is 4. The van der Waals surface area contributed by atoms with E-state index in [0.717, 1.165) is 0 Å². The molecule has 0 saturated carbocycles. The summed E-state index contributed by atoms with van der Waals surface area (Å²) >= 11 is 0. The lowest BCUT2D eigenvalue weighted by atomic mass is 9.82. The molecule has 2 rings (SSSR count). The van der Waals surface area contributed by atoms with Crippen molar-refractivity contribution in [1.82, 2.24) is 9.78 Å². The fourth-order valence-electron chi connectivity index (χ4n) is 1.64. The van der Waals surface area contributed by atoms with Crippen molar-refractivity contribution in [3.63, 3.8) is 0 Å².